The Kier molecular flexibility index (Phi) is 3.34. The summed E-state index contributed by atoms with van der Waals surface area (Å²) in [6, 6.07) is 3.52. The van der Waals surface area contributed by atoms with Crippen LogP contribution in [0.5, 0.6) is 0 Å². The molecular formula is C10H11NO3. The van der Waals surface area contributed by atoms with Crippen LogP contribution in [-0.4, -0.2) is 21.8 Å². The molecule has 0 radical (unpaired) electrons. The summed E-state index contributed by atoms with van der Waals surface area (Å²) in [7, 11) is 0. The third-order valence-electron chi connectivity index (χ3n) is 1.84. The number of carboxylic acid groups (broad SMARTS) is 1. The number of nitrogens with zero attached hydrogens (tertiary/aromatic N) is 1. The van der Waals surface area contributed by atoms with Crippen LogP contribution in [0.15, 0.2) is 18.3 Å². The second kappa shape index (κ2) is 4.50. The van der Waals surface area contributed by atoms with Gasteiger partial charge in [0.2, 0.25) is 0 Å². The lowest BCUT2D eigenvalue weighted by Gasteiger charge is -2.01. The second-order valence-corrected chi connectivity index (χ2v) is 2.99. The number of aromatic nitrogens is 1. The van der Waals surface area contributed by atoms with Gasteiger partial charge in [-0.05, 0) is 18.6 Å². The van der Waals surface area contributed by atoms with Crippen molar-refractivity contribution in [1.29, 1.82) is 0 Å². The highest BCUT2D eigenvalue weighted by molar-refractivity contribution is 5.96. The minimum absolute atomic E-state index is 0.00713. The first-order valence-corrected chi connectivity index (χ1v) is 4.28. The molecule has 0 amide bonds. The first-order chi connectivity index (χ1) is 6.61. The normalized spacial score (nSPS) is 9.79. The zero-order valence-electron chi connectivity index (χ0n) is 7.86. The highest BCUT2D eigenvalue weighted by atomic mass is 16.4. The fourth-order valence-electron chi connectivity index (χ4n) is 1.12. The van der Waals surface area contributed by atoms with Crippen LogP contribution in [0, 0.1) is 6.92 Å². The van der Waals surface area contributed by atoms with E-state index < -0.39 is 5.97 Å². The van der Waals surface area contributed by atoms with Crippen molar-refractivity contribution < 1.29 is 14.7 Å². The van der Waals surface area contributed by atoms with Gasteiger partial charge in [-0.2, -0.15) is 0 Å². The van der Waals surface area contributed by atoms with Gasteiger partial charge in [0.15, 0.2) is 5.78 Å². The summed E-state index contributed by atoms with van der Waals surface area (Å²) in [5.74, 6) is -1.18. The molecule has 0 saturated heterocycles. The largest absolute Gasteiger partial charge is 0.481 e. The minimum atomic E-state index is -0.966. The predicted octanol–water partition coefficient (Wildman–Crippen LogP) is 1.44. The Morgan fingerprint density at radius 2 is 2.14 bits per heavy atom. The zero-order valence-corrected chi connectivity index (χ0v) is 7.86. The number of hydrogen-bond donors (Lipinski definition) is 1. The quantitative estimate of drug-likeness (QED) is 0.734. The Balaban J connectivity index is 2.70. The van der Waals surface area contributed by atoms with E-state index in [1.165, 1.54) is 6.20 Å². The number of Topliss-reactive ketones (excluding diaryl/α,β-unsaturated/α-hetero) is 1. The van der Waals surface area contributed by atoms with E-state index in [0.717, 1.165) is 5.56 Å². The Labute approximate surface area is 81.6 Å². The van der Waals surface area contributed by atoms with Crippen LogP contribution < -0.4 is 0 Å². The first kappa shape index (κ1) is 10.4. The van der Waals surface area contributed by atoms with Crippen molar-refractivity contribution in [3.8, 4) is 0 Å². The Bertz CT molecular complexity index is 360. The smallest absolute Gasteiger partial charge is 0.303 e. The fourth-order valence-corrected chi connectivity index (χ4v) is 1.12. The van der Waals surface area contributed by atoms with Crippen LogP contribution in [0.3, 0.4) is 0 Å². The summed E-state index contributed by atoms with van der Waals surface area (Å²) in [4.78, 5) is 25.6. The van der Waals surface area contributed by atoms with Crippen LogP contribution in [-0.2, 0) is 4.79 Å². The highest BCUT2D eigenvalue weighted by Gasteiger charge is 2.11. The van der Waals surface area contributed by atoms with Crippen LogP contribution in [0.4, 0.5) is 0 Å². The highest BCUT2D eigenvalue weighted by Crippen LogP contribution is 2.07. The van der Waals surface area contributed by atoms with Crippen molar-refractivity contribution in [1.82, 2.24) is 4.98 Å². The average Bonchev–Trinajstić information content (AvgIpc) is 2.15. The van der Waals surface area contributed by atoms with Crippen LogP contribution in [0.2, 0.25) is 0 Å². The minimum Gasteiger partial charge on any atom is -0.481 e. The standard InChI is InChI=1S/C10H11NO3/c1-7-3-2-6-11-10(7)8(12)4-5-9(13)14/h2-3,6H,4-5H2,1H3,(H,13,14). The van der Waals surface area contributed by atoms with Gasteiger partial charge in [0.1, 0.15) is 5.69 Å². The number of aliphatic carboxylic acids is 1. The fraction of sp³-hybridized carbons (Fsp3) is 0.300. The summed E-state index contributed by atoms with van der Waals surface area (Å²) in [6.45, 7) is 1.78. The summed E-state index contributed by atoms with van der Waals surface area (Å²) >= 11 is 0. The number of carbonyl (C=O) groups excluding carboxylic acids is 1. The van der Waals surface area contributed by atoms with Crippen molar-refractivity contribution in [3.05, 3.63) is 29.6 Å². The van der Waals surface area contributed by atoms with E-state index in [1.54, 1.807) is 19.1 Å². The maximum atomic E-state index is 11.4. The molecule has 0 aliphatic carbocycles. The molecule has 0 spiro atoms. The van der Waals surface area contributed by atoms with Gasteiger partial charge in [-0.25, -0.2) is 0 Å². The molecule has 0 unspecified atom stereocenters. The van der Waals surface area contributed by atoms with E-state index >= 15 is 0 Å². The van der Waals surface area contributed by atoms with Gasteiger partial charge in [0, 0.05) is 12.6 Å². The number of aryl methyl sites for hydroxylation is 1. The molecular weight excluding hydrogens is 182 g/mol. The molecule has 4 heteroatoms. The molecule has 1 aromatic rings. The molecule has 0 aliphatic heterocycles. The molecule has 0 bridgehead atoms. The Morgan fingerprint density at radius 1 is 1.43 bits per heavy atom. The molecule has 1 heterocycles. The van der Waals surface area contributed by atoms with E-state index in [1.807, 2.05) is 0 Å². The summed E-state index contributed by atoms with van der Waals surface area (Å²) in [6.07, 6.45) is 1.39. The molecule has 1 N–H and O–H groups in total. The maximum absolute atomic E-state index is 11.4. The van der Waals surface area contributed by atoms with Crippen LogP contribution >= 0.6 is 0 Å². The lowest BCUT2D eigenvalue weighted by molar-refractivity contribution is -0.136. The third-order valence-corrected chi connectivity index (χ3v) is 1.84. The van der Waals surface area contributed by atoms with Crippen molar-refractivity contribution in [3.63, 3.8) is 0 Å². The van der Waals surface area contributed by atoms with E-state index in [4.69, 9.17) is 5.11 Å². The van der Waals surface area contributed by atoms with Crippen molar-refractivity contribution in [2.24, 2.45) is 0 Å². The van der Waals surface area contributed by atoms with Gasteiger partial charge in [0.05, 0.1) is 6.42 Å². The van der Waals surface area contributed by atoms with Gasteiger partial charge in [-0.3, -0.25) is 14.6 Å². The summed E-state index contributed by atoms with van der Waals surface area (Å²) < 4.78 is 0. The summed E-state index contributed by atoms with van der Waals surface area (Å²) in [5, 5.41) is 8.41. The molecule has 74 valence electrons. The van der Waals surface area contributed by atoms with Crippen molar-refractivity contribution >= 4 is 11.8 Å². The van der Waals surface area contributed by atoms with Gasteiger partial charge in [0.25, 0.3) is 0 Å². The van der Waals surface area contributed by atoms with Crippen molar-refractivity contribution in [2.45, 2.75) is 19.8 Å². The molecule has 0 aliphatic rings. The molecule has 1 rings (SSSR count). The number of pyridine rings is 1. The molecule has 0 saturated carbocycles. The molecule has 0 aromatic carbocycles. The van der Waals surface area contributed by atoms with Gasteiger partial charge in [-0.1, -0.05) is 6.07 Å². The molecule has 0 fully saturated rings. The Morgan fingerprint density at radius 3 is 2.71 bits per heavy atom. The van der Waals surface area contributed by atoms with Gasteiger partial charge in [-0.15, -0.1) is 0 Å². The lowest BCUT2D eigenvalue weighted by atomic mass is 10.1. The molecule has 0 atom stereocenters. The summed E-state index contributed by atoms with van der Waals surface area (Å²) in [5.41, 5.74) is 1.15. The van der Waals surface area contributed by atoms with Gasteiger partial charge >= 0.3 is 5.97 Å². The second-order valence-electron chi connectivity index (χ2n) is 2.99. The average molecular weight is 193 g/mol. The topological polar surface area (TPSA) is 67.3 Å². The number of hydrogen-bond acceptors (Lipinski definition) is 3. The van der Waals surface area contributed by atoms with Crippen LogP contribution in [0.25, 0.3) is 0 Å². The zero-order chi connectivity index (χ0) is 10.6. The number of carboxylic acids is 1. The molecule has 1 aromatic heterocycles. The van der Waals surface area contributed by atoms with Crippen LogP contribution in [0.1, 0.15) is 28.9 Å². The SMILES string of the molecule is Cc1cccnc1C(=O)CCC(=O)O. The van der Waals surface area contributed by atoms with E-state index in [0.29, 0.717) is 5.69 Å². The van der Waals surface area contributed by atoms with E-state index in [-0.39, 0.29) is 18.6 Å². The lowest BCUT2D eigenvalue weighted by Crippen LogP contribution is -2.07. The third kappa shape index (κ3) is 2.65. The van der Waals surface area contributed by atoms with E-state index in [2.05, 4.69) is 4.98 Å². The number of rotatable bonds is 4. The number of ketones is 1. The molecule has 4 nitrogen and oxygen atoms in total. The predicted molar refractivity (Wildman–Crippen MR) is 50.2 cm³/mol. The molecule has 14 heavy (non-hydrogen) atoms. The monoisotopic (exact) mass is 193 g/mol. The number of carbonyl (C=O) groups is 2. The van der Waals surface area contributed by atoms with Crippen molar-refractivity contribution in [2.75, 3.05) is 0 Å². The van der Waals surface area contributed by atoms with Gasteiger partial charge < -0.3 is 5.11 Å². The first-order valence-electron chi connectivity index (χ1n) is 4.28. The van der Waals surface area contributed by atoms with E-state index in [9.17, 15) is 9.59 Å². The maximum Gasteiger partial charge on any atom is 0.303 e. The Hall–Kier alpha value is -1.71.